The van der Waals surface area contributed by atoms with E-state index in [0.29, 0.717) is 6.04 Å². The predicted octanol–water partition coefficient (Wildman–Crippen LogP) is 4.36. The Morgan fingerprint density at radius 1 is 1.41 bits per heavy atom. The minimum Gasteiger partial charge on any atom is -0.133 e. The highest BCUT2D eigenvalue weighted by Gasteiger charge is 2.23. The van der Waals surface area contributed by atoms with E-state index in [1.165, 1.54) is 23.9 Å². The van der Waals surface area contributed by atoms with Gasteiger partial charge in [-0.05, 0) is 52.7 Å². The van der Waals surface area contributed by atoms with Crippen LogP contribution in [-0.2, 0) is 11.9 Å². The van der Waals surface area contributed by atoms with Crippen LogP contribution in [0.5, 0.6) is 0 Å². The van der Waals surface area contributed by atoms with E-state index in [2.05, 4.69) is 51.5 Å². The summed E-state index contributed by atoms with van der Waals surface area (Å²) in [5, 5.41) is 0.841. The average molecular weight is 277 g/mol. The zero-order valence-electron chi connectivity index (χ0n) is 12.0. The van der Waals surface area contributed by atoms with Crippen molar-refractivity contribution >= 4 is 23.5 Å². The molecule has 0 aliphatic heterocycles. The van der Waals surface area contributed by atoms with E-state index in [1.54, 1.807) is 0 Å². The van der Waals surface area contributed by atoms with Crippen LogP contribution in [0.3, 0.4) is 0 Å². The number of nitrogens with one attached hydrogen (secondary N) is 1. The highest BCUT2D eigenvalue weighted by molar-refractivity contribution is 7.77. The maximum absolute atomic E-state index is 5.98. The van der Waals surface area contributed by atoms with Gasteiger partial charge >= 0.3 is 0 Å². The predicted molar refractivity (Wildman–Crippen MR) is 83.7 cm³/mol. The first-order chi connectivity index (χ1) is 7.80. The molecule has 0 aliphatic rings. The maximum Gasteiger partial charge on any atom is 0.136 e. The summed E-state index contributed by atoms with van der Waals surface area (Å²) >= 11 is 7.25. The third-order valence-corrected chi connectivity index (χ3v) is 3.46. The van der Waals surface area contributed by atoms with Gasteiger partial charge in [-0.25, -0.2) is 0 Å². The molecule has 0 heterocycles. The van der Waals surface area contributed by atoms with Gasteiger partial charge < -0.3 is 0 Å². The van der Waals surface area contributed by atoms with Crippen LogP contribution in [0.25, 0.3) is 0 Å². The molecule has 0 bridgehead atoms. The van der Waals surface area contributed by atoms with Crippen molar-refractivity contribution < 1.29 is 0 Å². The minimum atomic E-state index is 0.282. The zero-order chi connectivity index (χ0) is 13.5. The van der Waals surface area contributed by atoms with Crippen molar-refractivity contribution in [3.8, 4) is 0 Å². The second kappa shape index (κ2) is 8.23. The summed E-state index contributed by atoms with van der Waals surface area (Å²) in [4.78, 5) is 0. The topological polar surface area (TPSA) is 12.0 Å². The highest BCUT2D eigenvalue weighted by Crippen LogP contribution is 2.16. The molecule has 17 heavy (non-hydrogen) atoms. The van der Waals surface area contributed by atoms with E-state index in [-0.39, 0.29) is 4.75 Å². The maximum atomic E-state index is 5.98. The van der Waals surface area contributed by atoms with Gasteiger partial charge in [-0.1, -0.05) is 31.0 Å². The minimum absolute atomic E-state index is 0.282. The van der Waals surface area contributed by atoms with Gasteiger partial charge in [-0.15, -0.1) is 4.72 Å². The van der Waals surface area contributed by atoms with Crippen molar-refractivity contribution in [1.82, 2.24) is 4.72 Å². The SMILES string of the molecule is C/C=C(\C=C(/C)Cl)C(CCC)N[SH+]C(C)(C)C. The fourth-order valence-electron chi connectivity index (χ4n) is 1.48. The number of thiol groups is 1. The van der Waals surface area contributed by atoms with Crippen molar-refractivity contribution in [2.45, 2.75) is 65.2 Å². The molecule has 1 N–H and O–H groups in total. The number of halogens is 1. The second-order valence-electron chi connectivity index (χ2n) is 5.27. The monoisotopic (exact) mass is 276 g/mol. The molecule has 3 heteroatoms. The number of rotatable bonds is 6. The molecule has 0 radical (unpaired) electrons. The third kappa shape index (κ3) is 8.76. The lowest BCUT2D eigenvalue weighted by atomic mass is 10.0. The normalized spacial score (nSPS) is 16.2. The van der Waals surface area contributed by atoms with Gasteiger partial charge in [-0.2, -0.15) is 0 Å². The molecule has 0 aliphatic carbocycles. The van der Waals surface area contributed by atoms with Gasteiger partial charge in [0.25, 0.3) is 0 Å². The van der Waals surface area contributed by atoms with Crippen molar-refractivity contribution in [3.63, 3.8) is 0 Å². The number of allylic oxidation sites excluding steroid dienone is 2. The van der Waals surface area contributed by atoms with Gasteiger partial charge in [0.15, 0.2) is 0 Å². The van der Waals surface area contributed by atoms with E-state index in [1.807, 2.05) is 6.92 Å². The first kappa shape index (κ1) is 17.1. The van der Waals surface area contributed by atoms with Gasteiger partial charge in [0, 0.05) is 5.03 Å². The molecular weight excluding hydrogens is 250 g/mol. The molecule has 100 valence electrons. The lowest BCUT2D eigenvalue weighted by Crippen LogP contribution is -2.36. The fourth-order valence-corrected chi connectivity index (χ4v) is 2.43. The Morgan fingerprint density at radius 2 is 2.00 bits per heavy atom. The molecule has 0 fully saturated rings. The van der Waals surface area contributed by atoms with Gasteiger partial charge in [0.2, 0.25) is 0 Å². The lowest BCUT2D eigenvalue weighted by molar-refractivity contribution is 0.639. The van der Waals surface area contributed by atoms with Gasteiger partial charge in [-0.3, -0.25) is 0 Å². The van der Waals surface area contributed by atoms with E-state index in [0.717, 1.165) is 11.5 Å². The summed E-state index contributed by atoms with van der Waals surface area (Å²) in [5.41, 5.74) is 1.29. The van der Waals surface area contributed by atoms with Crippen molar-refractivity contribution in [2.75, 3.05) is 0 Å². The first-order valence-electron chi connectivity index (χ1n) is 6.27. The van der Waals surface area contributed by atoms with Crippen LogP contribution in [-0.4, -0.2) is 10.8 Å². The van der Waals surface area contributed by atoms with Crippen LogP contribution in [0.1, 0.15) is 54.4 Å². The Balaban J connectivity index is 4.65. The molecule has 0 aromatic heterocycles. The Kier molecular flexibility index (Phi) is 8.27. The van der Waals surface area contributed by atoms with Gasteiger partial charge in [0.1, 0.15) is 4.75 Å². The summed E-state index contributed by atoms with van der Waals surface area (Å²) in [6.07, 6.45) is 6.53. The fraction of sp³-hybridized carbons (Fsp3) is 0.714. The molecule has 1 nitrogen and oxygen atoms in total. The molecule has 0 aromatic carbocycles. The molecule has 0 saturated heterocycles. The highest BCUT2D eigenvalue weighted by atomic mass is 35.5. The molecule has 1 unspecified atom stereocenters. The van der Waals surface area contributed by atoms with E-state index < -0.39 is 0 Å². The summed E-state index contributed by atoms with van der Waals surface area (Å²) in [6, 6.07) is 0.402. The first-order valence-corrected chi connectivity index (χ1v) is 7.54. The summed E-state index contributed by atoms with van der Waals surface area (Å²) in [5.74, 6) is 0. The summed E-state index contributed by atoms with van der Waals surface area (Å²) < 4.78 is 3.90. The smallest absolute Gasteiger partial charge is 0.133 e. The summed E-state index contributed by atoms with van der Waals surface area (Å²) in [7, 11) is 0. The molecule has 0 saturated carbocycles. The number of hydrogen-bond donors (Lipinski definition) is 1. The zero-order valence-corrected chi connectivity index (χ0v) is 13.6. The van der Waals surface area contributed by atoms with Crippen LogP contribution in [0.2, 0.25) is 0 Å². The molecule has 0 amide bonds. The van der Waals surface area contributed by atoms with Crippen molar-refractivity contribution in [1.29, 1.82) is 0 Å². The van der Waals surface area contributed by atoms with Crippen LogP contribution in [0, 0.1) is 0 Å². The van der Waals surface area contributed by atoms with Crippen LogP contribution < -0.4 is 4.72 Å². The second-order valence-corrected chi connectivity index (χ2v) is 7.69. The summed E-state index contributed by atoms with van der Waals surface area (Å²) in [6.45, 7) is 12.9. The quantitative estimate of drug-likeness (QED) is 0.432. The average Bonchev–Trinajstić information content (AvgIpc) is 2.19. The van der Waals surface area contributed by atoms with E-state index in [9.17, 15) is 0 Å². The molecular formula is C14H27ClNS+. The Bertz CT molecular complexity index is 272. The molecule has 0 aromatic rings. The molecule has 0 spiro atoms. The van der Waals surface area contributed by atoms with Crippen molar-refractivity contribution in [3.05, 3.63) is 22.8 Å². The largest absolute Gasteiger partial charge is 0.136 e. The van der Waals surface area contributed by atoms with Crippen LogP contribution >= 0.6 is 11.6 Å². The van der Waals surface area contributed by atoms with Crippen molar-refractivity contribution in [2.24, 2.45) is 0 Å². The molecule has 0 rings (SSSR count). The van der Waals surface area contributed by atoms with Crippen LogP contribution in [0.4, 0.5) is 0 Å². The van der Waals surface area contributed by atoms with Crippen LogP contribution in [0.15, 0.2) is 22.8 Å². The van der Waals surface area contributed by atoms with E-state index >= 15 is 0 Å². The Hall–Kier alpha value is 0.0800. The molecule has 1 atom stereocenters. The Morgan fingerprint density at radius 3 is 2.35 bits per heavy atom. The number of hydrogen-bond acceptors (Lipinski definition) is 1. The third-order valence-electron chi connectivity index (χ3n) is 2.23. The standard InChI is InChI=1S/C14H26ClNS/c1-7-9-13(16-17-14(4,5)6)12(8-2)10-11(3)15/h8,10,13,16H,7,9H2,1-6H3/p+1/b11-10+,12-8+. The Labute approximate surface area is 116 Å². The lowest BCUT2D eigenvalue weighted by Gasteiger charge is -2.18. The van der Waals surface area contributed by atoms with E-state index in [4.69, 9.17) is 11.6 Å². The van der Waals surface area contributed by atoms with Gasteiger partial charge in [0.05, 0.1) is 18.0 Å².